The number of phosphoric acid groups is 1. The third kappa shape index (κ3) is 6.10. The minimum absolute atomic E-state index is 0.0271. The first-order valence-corrected chi connectivity index (χ1v) is 11.5. The van der Waals surface area contributed by atoms with E-state index in [1.807, 2.05) is 0 Å². The van der Waals surface area contributed by atoms with Crippen molar-refractivity contribution >= 4 is 35.7 Å². The molecule has 2 unspecified atom stereocenters. The maximum atomic E-state index is 12.3. The predicted molar refractivity (Wildman–Crippen MR) is 117 cm³/mol. The minimum Gasteiger partial charge on any atom is -0.508 e. The summed E-state index contributed by atoms with van der Waals surface area (Å²) in [6.07, 6.45) is -7.40. The van der Waals surface area contributed by atoms with Crippen LogP contribution in [0.15, 0.2) is 33.9 Å². The third-order valence-corrected chi connectivity index (χ3v) is 6.10. The fourth-order valence-corrected chi connectivity index (χ4v) is 4.17. The first-order valence-electron chi connectivity index (χ1n) is 10.0. The fourth-order valence-electron chi connectivity index (χ4n) is 3.28. The highest BCUT2D eigenvalue weighted by molar-refractivity contribution is 7.47. The van der Waals surface area contributed by atoms with Crippen molar-refractivity contribution in [2.45, 2.75) is 37.9 Å². The molecule has 0 spiro atoms. The van der Waals surface area contributed by atoms with Crippen LogP contribution in [0.5, 0.6) is 5.75 Å². The summed E-state index contributed by atoms with van der Waals surface area (Å²) < 4.78 is 21.9. The summed E-state index contributed by atoms with van der Waals surface area (Å²) in [4.78, 5) is 48.9. The number of aliphatic carboxylic acids is 1. The average molecular weight is 516 g/mol. The van der Waals surface area contributed by atoms with E-state index in [-0.39, 0.29) is 22.3 Å². The van der Waals surface area contributed by atoms with Crippen molar-refractivity contribution in [1.82, 2.24) is 9.97 Å². The lowest BCUT2D eigenvalue weighted by Gasteiger charge is -2.23. The molecule has 0 fully saturated rings. The number of aromatic nitrogens is 3. The number of benzene rings is 1. The summed E-state index contributed by atoms with van der Waals surface area (Å²) >= 11 is 0. The Labute approximate surface area is 195 Å². The number of fused-ring (bicyclic) bond motifs is 2. The zero-order chi connectivity index (χ0) is 26.1. The van der Waals surface area contributed by atoms with Gasteiger partial charge in [0.1, 0.15) is 41.5 Å². The van der Waals surface area contributed by atoms with Gasteiger partial charge in [0, 0.05) is 11.5 Å². The van der Waals surface area contributed by atoms with Gasteiger partial charge < -0.3 is 30.4 Å². The van der Waals surface area contributed by atoms with Crippen LogP contribution in [0.3, 0.4) is 0 Å². The van der Waals surface area contributed by atoms with Crippen LogP contribution in [0, 0.1) is 0 Å². The highest BCUT2D eigenvalue weighted by Gasteiger charge is 2.33. The van der Waals surface area contributed by atoms with E-state index in [1.54, 1.807) is 0 Å². The van der Waals surface area contributed by atoms with Gasteiger partial charge in [-0.1, -0.05) is 0 Å². The van der Waals surface area contributed by atoms with Gasteiger partial charge in [0.05, 0.1) is 6.61 Å². The molecule has 0 aliphatic carbocycles. The molecule has 0 radical (unpaired) electrons. The van der Waals surface area contributed by atoms with Crippen LogP contribution < -0.4 is 15.8 Å². The molecule has 0 aliphatic rings. The number of H-pyrrole nitrogens is 2. The number of hydrogen-bond donors (Lipinski definition) is 8. The second-order valence-corrected chi connectivity index (χ2v) is 9.05. The van der Waals surface area contributed by atoms with E-state index in [0.717, 1.165) is 6.92 Å². The Balaban J connectivity index is 1.87. The number of aromatic amines is 2. The Morgan fingerprint density at radius 1 is 1.14 bits per heavy atom. The molecule has 3 aromatic rings. The van der Waals surface area contributed by atoms with Crippen molar-refractivity contribution in [2.75, 3.05) is 6.61 Å². The summed E-state index contributed by atoms with van der Waals surface area (Å²) in [5.41, 5.74) is -1.38. The van der Waals surface area contributed by atoms with Crippen molar-refractivity contribution in [1.29, 1.82) is 0 Å². The summed E-state index contributed by atoms with van der Waals surface area (Å²) in [5, 5.41) is 50.1. The number of aliphatic hydroxyl groups excluding tert-OH is 3. The summed E-state index contributed by atoms with van der Waals surface area (Å²) in [7, 11) is -4.92. The van der Waals surface area contributed by atoms with Crippen LogP contribution in [0.4, 0.5) is 0 Å². The van der Waals surface area contributed by atoms with Crippen LogP contribution in [0.2, 0.25) is 0 Å². The van der Waals surface area contributed by atoms with Gasteiger partial charge in [-0.25, -0.2) is 18.7 Å². The molecule has 8 N–H and O–H groups in total. The highest BCUT2D eigenvalue weighted by atomic mass is 31.2. The number of hydrogen-bond acceptors (Lipinski definition) is 10. The Hall–Kier alpha value is -3.17. The summed E-state index contributed by atoms with van der Waals surface area (Å²) in [6.45, 7) is -0.558. The molecule has 15 nitrogen and oxygen atoms in total. The average Bonchev–Trinajstić information content (AvgIpc) is 2.77. The first kappa shape index (κ1) is 26.4. The molecule has 0 bridgehead atoms. The van der Waals surface area contributed by atoms with Gasteiger partial charge in [0.2, 0.25) is 0 Å². The second kappa shape index (κ2) is 10.2. The Morgan fingerprint density at radius 3 is 2.49 bits per heavy atom. The number of aromatic hydroxyl groups is 1. The lowest BCUT2D eigenvalue weighted by Crippen LogP contribution is -2.50. The number of pyridine rings is 1. The van der Waals surface area contributed by atoms with Crippen LogP contribution in [-0.2, 0) is 25.0 Å². The van der Waals surface area contributed by atoms with Crippen LogP contribution in [-0.4, -0.2) is 77.4 Å². The standard InChI is InChI=1S/C19H22N3O12P/c1-8(18(28)29)34-35(31,32)33-7-14(25)15(26)13(24)6-22-12-5-10(23)3-2-9(12)4-11-16(22)20-19(30)21-17(11)27/h2-5,8,13-15,24-26H,6-7H2,1H3,(H4,20,21,23,27,28,29,30,31,32)/p+1/t8?,13-,14+,15-/m0/s1. The molecule has 0 aliphatic heterocycles. The first-order chi connectivity index (χ1) is 16.3. The molecule has 35 heavy (non-hydrogen) atoms. The van der Waals surface area contributed by atoms with Gasteiger partial charge in [0.15, 0.2) is 6.10 Å². The molecular weight excluding hydrogens is 493 g/mol. The molecule has 2 aromatic heterocycles. The summed E-state index contributed by atoms with van der Waals surface area (Å²) in [6, 6.07) is 5.56. The third-order valence-electron chi connectivity index (χ3n) is 5.04. The second-order valence-electron chi connectivity index (χ2n) is 7.64. The van der Waals surface area contributed by atoms with Gasteiger partial charge in [0.25, 0.3) is 11.2 Å². The Bertz CT molecular complexity index is 1420. The van der Waals surface area contributed by atoms with E-state index < -0.39 is 62.6 Å². The number of aliphatic hydroxyl groups is 3. The van der Waals surface area contributed by atoms with E-state index >= 15 is 0 Å². The molecule has 0 saturated carbocycles. The largest absolute Gasteiger partial charge is 0.508 e. The smallest absolute Gasteiger partial charge is 0.473 e. The topological polar surface area (TPSA) is 244 Å². The quantitative estimate of drug-likeness (QED) is 0.0833. The number of phenols is 1. The molecule has 5 atom stereocenters. The van der Waals surface area contributed by atoms with Crippen LogP contribution in [0.25, 0.3) is 21.9 Å². The predicted octanol–water partition coefficient (Wildman–Crippen LogP) is -1.95. The van der Waals surface area contributed by atoms with Gasteiger partial charge in [-0.15, -0.1) is 0 Å². The molecule has 0 saturated heterocycles. The van der Waals surface area contributed by atoms with E-state index in [4.69, 9.17) is 5.11 Å². The molecule has 190 valence electrons. The van der Waals surface area contributed by atoms with E-state index in [0.29, 0.717) is 5.39 Å². The normalized spacial score (nSPS) is 17.1. The SMILES string of the molecule is CC(OP(=O)(O)OC[C@@H](O)[C@@H](O)[C@@H](O)C[n+]1c2cc(O)ccc2cc2c(=O)[nH]c(=O)[nH]c21)C(=O)O. The lowest BCUT2D eigenvalue weighted by molar-refractivity contribution is -0.656. The van der Waals surface area contributed by atoms with Gasteiger partial charge in [-0.2, -0.15) is 4.98 Å². The van der Waals surface area contributed by atoms with Gasteiger partial charge in [-0.05, 0) is 25.1 Å². The van der Waals surface area contributed by atoms with E-state index in [1.165, 1.54) is 28.8 Å². The van der Waals surface area contributed by atoms with Crippen molar-refractivity contribution in [3.8, 4) is 5.75 Å². The van der Waals surface area contributed by atoms with E-state index in [9.17, 15) is 44.3 Å². The van der Waals surface area contributed by atoms with Gasteiger partial charge in [-0.3, -0.25) is 18.8 Å². The highest BCUT2D eigenvalue weighted by Crippen LogP contribution is 2.44. The van der Waals surface area contributed by atoms with Crippen molar-refractivity contribution in [3.63, 3.8) is 0 Å². The molecule has 16 heteroatoms. The van der Waals surface area contributed by atoms with Crippen molar-refractivity contribution in [2.24, 2.45) is 0 Å². The lowest BCUT2D eigenvalue weighted by atomic mass is 10.1. The number of nitrogens with zero attached hydrogens (tertiary/aromatic N) is 1. The van der Waals surface area contributed by atoms with Gasteiger partial charge >= 0.3 is 19.5 Å². The number of carboxylic acids is 1. The molecule has 3 rings (SSSR count). The number of rotatable bonds is 10. The number of carboxylic acid groups (broad SMARTS) is 1. The summed E-state index contributed by atoms with van der Waals surface area (Å²) in [5.74, 6) is -1.71. The molecule has 2 heterocycles. The number of carbonyl (C=O) groups is 1. The maximum absolute atomic E-state index is 12.3. The van der Waals surface area contributed by atoms with Crippen molar-refractivity contribution < 1.29 is 53.4 Å². The number of phosphoric ester groups is 1. The molecule has 1 aromatic carbocycles. The zero-order valence-corrected chi connectivity index (χ0v) is 19.0. The monoisotopic (exact) mass is 516 g/mol. The molecule has 0 amide bonds. The van der Waals surface area contributed by atoms with Crippen LogP contribution >= 0.6 is 7.82 Å². The number of phenolic OH excluding ortho intramolecular Hbond substituents is 1. The van der Waals surface area contributed by atoms with E-state index in [2.05, 4.69) is 19.0 Å². The number of nitrogens with one attached hydrogen (secondary N) is 2. The van der Waals surface area contributed by atoms with Crippen molar-refractivity contribution in [3.05, 3.63) is 45.1 Å². The van der Waals surface area contributed by atoms with Crippen LogP contribution in [0.1, 0.15) is 6.92 Å². The Kier molecular flexibility index (Phi) is 7.71. The maximum Gasteiger partial charge on any atom is 0.473 e. The minimum atomic E-state index is -4.92. The fraction of sp³-hybridized carbons (Fsp3) is 0.368. The molecular formula is C19H23N3O12P+. The zero-order valence-electron chi connectivity index (χ0n) is 18.1. The Morgan fingerprint density at radius 2 is 1.83 bits per heavy atom.